The summed E-state index contributed by atoms with van der Waals surface area (Å²) in [4.78, 5) is 33.6. The smallest absolute Gasteiger partial charge is 0.222 e. The van der Waals surface area contributed by atoms with Gasteiger partial charge in [0.05, 0.1) is 15.6 Å². The number of rotatable bonds is 7. The second-order valence-corrected chi connectivity index (χ2v) is 7.72. The standard InChI is InChI=1S/C21H20ClN3O2S/c1-3-4-9-17(27)20-19(15-7-5-6-8-16(15)22)25-21(28-20)14-10-11-23-18(12-14)24-13(2)26/h5-8,10-12H,3-4,9H2,1-2H3,(H,23,24,26). The van der Waals surface area contributed by atoms with Gasteiger partial charge in [-0.05, 0) is 24.6 Å². The van der Waals surface area contributed by atoms with Gasteiger partial charge in [0.25, 0.3) is 0 Å². The Labute approximate surface area is 172 Å². The lowest BCUT2D eigenvalue weighted by Crippen LogP contribution is -2.07. The molecule has 0 aliphatic heterocycles. The van der Waals surface area contributed by atoms with E-state index < -0.39 is 0 Å². The topological polar surface area (TPSA) is 72.0 Å². The minimum Gasteiger partial charge on any atom is -0.311 e. The van der Waals surface area contributed by atoms with E-state index in [4.69, 9.17) is 16.6 Å². The van der Waals surface area contributed by atoms with Crippen molar-refractivity contribution in [3.05, 3.63) is 52.5 Å². The molecule has 1 N–H and O–H groups in total. The number of amides is 1. The predicted octanol–water partition coefficient (Wildman–Crippen LogP) is 5.86. The number of thiazole rings is 1. The SMILES string of the molecule is CCCCC(=O)c1sc(-c2ccnc(NC(C)=O)c2)nc1-c1ccccc1Cl. The first-order chi connectivity index (χ1) is 13.5. The van der Waals surface area contributed by atoms with Gasteiger partial charge >= 0.3 is 0 Å². The maximum Gasteiger partial charge on any atom is 0.222 e. The zero-order chi connectivity index (χ0) is 20.1. The number of pyridine rings is 1. The van der Waals surface area contributed by atoms with Crippen LogP contribution in [0.2, 0.25) is 5.02 Å². The Morgan fingerprint density at radius 1 is 1.21 bits per heavy atom. The number of benzene rings is 1. The first-order valence-electron chi connectivity index (χ1n) is 9.02. The highest BCUT2D eigenvalue weighted by Gasteiger charge is 2.21. The number of halogens is 1. The summed E-state index contributed by atoms with van der Waals surface area (Å²) in [5, 5.41) is 3.90. The number of nitrogens with zero attached hydrogens (tertiary/aromatic N) is 2. The third-order valence-electron chi connectivity index (χ3n) is 4.08. The van der Waals surface area contributed by atoms with Gasteiger partial charge in [-0.25, -0.2) is 9.97 Å². The molecule has 0 saturated heterocycles. The zero-order valence-electron chi connectivity index (χ0n) is 15.7. The third-order valence-corrected chi connectivity index (χ3v) is 5.55. The second kappa shape index (κ2) is 9.08. The highest BCUT2D eigenvalue weighted by Crippen LogP contribution is 2.38. The highest BCUT2D eigenvalue weighted by molar-refractivity contribution is 7.17. The quantitative estimate of drug-likeness (QED) is 0.492. The van der Waals surface area contributed by atoms with Gasteiger partial charge in [0.1, 0.15) is 10.8 Å². The second-order valence-electron chi connectivity index (χ2n) is 6.31. The Morgan fingerprint density at radius 3 is 2.71 bits per heavy atom. The van der Waals surface area contributed by atoms with Crippen LogP contribution < -0.4 is 5.32 Å². The fourth-order valence-corrected chi connectivity index (χ4v) is 4.00. The number of carbonyl (C=O) groups excluding carboxylic acids is 2. The number of hydrogen-bond donors (Lipinski definition) is 1. The molecule has 28 heavy (non-hydrogen) atoms. The van der Waals surface area contributed by atoms with Gasteiger partial charge in [-0.3, -0.25) is 9.59 Å². The van der Waals surface area contributed by atoms with Crippen molar-refractivity contribution in [2.45, 2.75) is 33.1 Å². The van der Waals surface area contributed by atoms with Crippen molar-refractivity contribution in [1.82, 2.24) is 9.97 Å². The van der Waals surface area contributed by atoms with E-state index in [-0.39, 0.29) is 11.7 Å². The van der Waals surface area contributed by atoms with Gasteiger partial charge in [0, 0.05) is 30.7 Å². The molecule has 0 unspecified atom stereocenters. The Bertz CT molecular complexity index is 1020. The molecule has 0 saturated carbocycles. The van der Waals surface area contributed by atoms with Crippen LogP contribution in [0.15, 0.2) is 42.6 Å². The minimum atomic E-state index is -0.198. The van der Waals surface area contributed by atoms with Crippen LogP contribution in [0.1, 0.15) is 42.8 Å². The van der Waals surface area contributed by atoms with Crippen LogP contribution in [-0.2, 0) is 4.79 Å². The lowest BCUT2D eigenvalue weighted by molar-refractivity contribution is -0.114. The van der Waals surface area contributed by atoms with E-state index in [1.54, 1.807) is 24.4 Å². The first kappa shape index (κ1) is 20.2. The molecule has 0 aliphatic rings. The van der Waals surface area contributed by atoms with Gasteiger partial charge in [0.15, 0.2) is 5.78 Å². The summed E-state index contributed by atoms with van der Waals surface area (Å²) in [5.41, 5.74) is 2.12. The molecular formula is C21H20ClN3O2S. The van der Waals surface area contributed by atoms with Crippen LogP contribution in [-0.4, -0.2) is 21.7 Å². The lowest BCUT2D eigenvalue weighted by Gasteiger charge is -2.04. The van der Waals surface area contributed by atoms with Gasteiger partial charge in [0.2, 0.25) is 5.91 Å². The summed E-state index contributed by atoms with van der Waals surface area (Å²) >= 11 is 7.72. The third kappa shape index (κ3) is 4.64. The predicted molar refractivity (Wildman–Crippen MR) is 114 cm³/mol. The van der Waals surface area contributed by atoms with Crippen LogP contribution >= 0.6 is 22.9 Å². The van der Waals surface area contributed by atoms with Gasteiger partial charge < -0.3 is 5.32 Å². The van der Waals surface area contributed by atoms with E-state index in [0.717, 1.165) is 24.0 Å². The molecule has 2 heterocycles. The Hall–Kier alpha value is -2.57. The largest absolute Gasteiger partial charge is 0.311 e. The molecule has 3 aromatic rings. The Kier molecular flexibility index (Phi) is 6.54. The molecular weight excluding hydrogens is 394 g/mol. The zero-order valence-corrected chi connectivity index (χ0v) is 17.2. The van der Waals surface area contributed by atoms with Gasteiger partial charge in [-0.2, -0.15) is 0 Å². The van der Waals surface area contributed by atoms with Crippen molar-refractivity contribution in [1.29, 1.82) is 0 Å². The van der Waals surface area contributed by atoms with E-state index in [0.29, 0.717) is 32.8 Å². The maximum absolute atomic E-state index is 12.8. The van der Waals surface area contributed by atoms with Crippen molar-refractivity contribution in [3.63, 3.8) is 0 Å². The molecule has 5 nitrogen and oxygen atoms in total. The van der Waals surface area contributed by atoms with Crippen LogP contribution in [0.4, 0.5) is 5.82 Å². The van der Waals surface area contributed by atoms with Crippen LogP contribution in [0, 0.1) is 0 Å². The average Bonchev–Trinajstić information content (AvgIpc) is 3.11. The van der Waals surface area contributed by atoms with E-state index in [1.807, 2.05) is 18.2 Å². The summed E-state index contributed by atoms with van der Waals surface area (Å²) in [6.07, 6.45) is 3.86. The number of ketones is 1. The molecule has 2 aromatic heterocycles. The number of aromatic nitrogens is 2. The molecule has 7 heteroatoms. The number of anilines is 1. The Balaban J connectivity index is 2.08. The molecule has 0 fully saturated rings. The number of hydrogen-bond acceptors (Lipinski definition) is 5. The average molecular weight is 414 g/mol. The van der Waals surface area contributed by atoms with Gasteiger partial charge in [-0.15, -0.1) is 11.3 Å². The molecule has 1 aromatic carbocycles. The lowest BCUT2D eigenvalue weighted by atomic mass is 10.1. The molecule has 0 radical (unpaired) electrons. The van der Waals surface area contributed by atoms with Crippen LogP contribution in [0.3, 0.4) is 0 Å². The van der Waals surface area contributed by atoms with E-state index in [2.05, 4.69) is 17.2 Å². The molecule has 0 bridgehead atoms. The Morgan fingerprint density at radius 2 is 2.00 bits per heavy atom. The summed E-state index contributed by atoms with van der Waals surface area (Å²) in [6.45, 7) is 3.48. The molecule has 144 valence electrons. The highest BCUT2D eigenvalue weighted by atomic mass is 35.5. The summed E-state index contributed by atoms with van der Waals surface area (Å²) in [5.74, 6) is 0.311. The van der Waals surface area contributed by atoms with E-state index in [1.165, 1.54) is 18.3 Å². The number of nitrogens with one attached hydrogen (secondary N) is 1. The molecule has 1 amide bonds. The monoisotopic (exact) mass is 413 g/mol. The fraction of sp³-hybridized carbons (Fsp3) is 0.238. The molecule has 0 spiro atoms. The van der Waals surface area contributed by atoms with Crippen molar-refractivity contribution in [3.8, 4) is 21.8 Å². The van der Waals surface area contributed by atoms with Gasteiger partial charge in [-0.1, -0.05) is 43.1 Å². The van der Waals surface area contributed by atoms with Crippen molar-refractivity contribution in [2.75, 3.05) is 5.32 Å². The first-order valence-corrected chi connectivity index (χ1v) is 10.2. The molecule has 0 atom stereocenters. The minimum absolute atomic E-state index is 0.0664. The maximum atomic E-state index is 12.8. The normalized spacial score (nSPS) is 10.7. The molecule has 0 aliphatic carbocycles. The number of carbonyl (C=O) groups is 2. The van der Waals surface area contributed by atoms with Crippen molar-refractivity contribution >= 4 is 40.4 Å². The summed E-state index contributed by atoms with van der Waals surface area (Å²) in [7, 11) is 0. The van der Waals surface area contributed by atoms with Crippen molar-refractivity contribution in [2.24, 2.45) is 0 Å². The number of unbranched alkanes of at least 4 members (excludes halogenated alkanes) is 1. The number of Topliss-reactive ketones (excluding diaryl/α,β-unsaturated/α-hetero) is 1. The van der Waals surface area contributed by atoms with Crippen molar-refractivity contribution < 1.29 is 9.59 Å². The summed E-state index contributed by atoms with van der Waals surface area (Å²) in [6, 6.07) is 10.9. The van der Waals surface area contributed by atoms with E-state index in [9.17, 15) is 9.59 Å². The molecule has 3 rings (SSSR count). The van der Waals surface area contributed by atoms with Crippen LogP contribution in [0.25, 0.3) is 21.8 Å². The summed E-state index contributed by atoms with van der Waals surface area (Å²) < 4.78 is 0. The van der Waals surface area contributed by atoms with E-state index >= 15 is 0 Å². The fourth-order valence-electron chi connectivity index (χ4n) is 2.73. The van der Waals surface area contributed by atoms with Crippen LogP contribution in [0.5, 0.6) is 0 Å².